The van der Waals surface area contributed by atoms with Gasteiger partial charge in [-0.25, -0.2) is 0 Å². The topological polar surface area (TPSA) is 12.0 Å². The van der Waals surface area contributed by atoms with E-state index in [9.17, 15) is 0 Å². The number of nitrogens with one attached hydrogen (secondary N) is 1. The number of benzene rings is 1. The lowest BCUT2D eigenvalue weighted by atomic mass is 9.85. The molecule has 0 aliphatic heterocycles. The lowest BCUT2D eigenvalue weighted by Gasteiger charge is -2.27. The van der Waals surface area contributed by atoms with Crippen LogP contribution in [0.25, 0.3) is 0 Å². The van der Waals surface area contributed by atoms with E-state index in [1.807, 2.05) is 0 Å². The summed E-state index contributed by atoms with van der Waals surface area (Å²) in [5.41, 5.74) is 1.38. The van der Waals surface area contributed by atoms with Crippen molar-refractivity contribution in [3.63, 3.8) is 0 Å². The van der Waals surface area contributed by atoms with Crippen LogP contribution < -0.4 is 5.32 Å². The first-order chi connectivity index (χ1) is 8.41. The van der Waals surface area contributed by atoms with Gasteiger partial charge in [0.15, 0.2) is 0 Å². The number of hydrogen-bond acceptors (Lipinski definition) is 1. The zero-order valence-corrected chi connectivity index (χ0v) is 14.4. The average Bonchev–Trinajstić information content (AvgIpc) is 2.28. The van der Waals surface area contributed by atoms with E-state index in [0.29, 0.717) is 6.04 Å². The Balaban J connectivity index is 2.54. The van der Waals surface area contributed by atoms with Gasteiger partial charge in [-0.15, -0.1) is 0 Å². The van der Waals surface area contributed by atoms with Crippen molar-refractivity contribution < 1.29 is 0 Å². The van der Waals surface area contributed by atoms with Crippen molar-refractivity contribution in [3.05, 3.63) is 33.4 Å². The van der Waals surface area contributed by atoms with Crippen LogP contribution in [0.3, 0.4) is 0 Å². The fourth-order valence-corrected chi connectivity index (χ4v) is 2.78. The molecule has 1 N–H and O–H groups in total. The fraction of sp³-hybridized carbons (Fsp3) is 0.625. The first-order valence-corrected chi connectivity index (χ1v) is 7.98. The Morgan fingerprint density at radius 2 is 1.44 bits per heavy atom. The highest BCUT2D eigenvalue weighted by molar-refractivity contribution is 14.1. The smallest absolute Gasteiger partial charge is 0.0291 e. The highest BCUT2D eigenvalue weighted by atomic mass is 127. The summed E-state index contributed by atoms with van der Waals surface area (Å²) < 4.78 is 1.30. The van der Waals surface area contributed by atoms with E-state index in [-0.39, 0.29) is 0 Å². The first kappa shape index (κ1) is 16.0. The molecule has 1 rings (SSSR count). The van der Waals surface area contributed by atoms with E-state index in [0.717, 1.165) is 24.3 Å². The van der Waals surface area contributed by atoms with Crippen molar-refractivity contribution >= 4 is 22.6 Å². The zero-order valence-electron chi connectivity index (χ0n) is 12.2. The molecule has 1 nitrogen and oxygen atoms in total. The maximum absolute atomic E-state index is 3.68. The van der Waals surface area contributed by atoms with Gasteiger partial charge in [0, 0.05) is 9.61 Å². The second kappa shape index (κ2) is 7.49. The Hall–Kier alpha value is -0.0900. The minimum absolute atomic E-state index is 0.432. The number of hydrogen-bond donors (Lipinski definition) is 1. The van der Waals surface area contributed by atoms with Gasteiger partial charge in [0.2, 0.25) is 0 Å². The molecule has 102 valence electrons. The summed E-state index contributed by atoms with van der Waals surface area (Å²) in [6.07, 6.45) is 0. The van der Waals surface area contributed by atoms with E-state index >= 15 is 0 Å². The molecule has 0 spiro atoms. The molecule has 2 heteroatoms. The largest absolute Gasteiger partial charge is 0.310 e. The molecule has 0 radical (unpaired) electrons. The molecule has 18 heavy (non-hydrogen) atoms. The van der Waals surface area contributed by atoms with Crippen LogP contribution in [0.5, 0.6) is 0 Å². The van der Waals surface area contributed by atoms with Gasteiger partial charge < -0.3 is 5.32 Å². The molecule has 0 aliphatic carbocycles. The second-order valence-electron chi connectivity index (χ2n) is 5.83. The van der Waals surface area contributed by atoms with Crippen molar-refractivity contribution in [2.24, 2.45) is 17.8 Å². The van der Waals surface area contributed by atoms with Crippen molar-refractivity contribution in [1.82, 2.24) is 5.32 Å². The summed E-state index contributed by atoms with van der Waals surface area (Å²) in [6, 6.07) is 9.23. The van der Waals surface area contributed by atoms with Crippen molar-refractivity contribution in [2.45, 2.75) is 40.7 Å². The Kier molecular flexibility index (Phi) is 6.64. The summed E-state index contributed by atoms with van der Waals surface area (Å²) in [5.74, 6) is 2.22. The third-order valence-electron chi connectivity index (χ3n) is 3.74. The fourth-order valence-electron chi connectivity index (χ4n) is 2.42. The summed E-state index contributed by atoms with van der Waals surface area (Å²) in [6.45, 7) is 12.6. The lowest BCUT2D eigenvalue weighted by Crippen LogP contribution is -2.31. The standard InChI is InChI=1S/C16H26IN/c1-11(2)16(12(3)4)10-18-13(5)14-6-8-15(17)9-7-14/h6-9,11-13,16,18H,10H2,1-5H3. The van der Waals surface area contributed by atoms with E-state index in [2.05, 4.69) is 86.8 Å². The number of halogens is 1. The van der Waals surface area contributed by atoms with E-state index in [4.69, 9.17) is 0 Å². The SMILES string of the molecule is CC(NCC(C(C)C)C(C)C)c1ccc(I)cc1. The summed E-state index contributed by atoms with van der Waals surface area (Å²) >= 11 is 2.35. The molecule has 1 aromatic rings. The highest BCUT2D eigenvalue weighted by Crippen LogP contribution is 2.21. The van der Waals surface area contributed by atoms with Crippen LogP contribution in [0.2, 0.25) is 0 Å². The molecule has 1 atom stereocenters. The predicted octanol–water partition coefficient (Wildman–Crippen LogP) is 4.87. The minimum atomic E-state index is 0.432. The Labute approximate surface area is 126 Å². The quantitative estimate of drug-likeness (QED) is 0.715. The maximum atomic E-state index is 3.68. The third-order valence-corrected chi connectivity index (χ3v) is 4.46. The normalized spacial score (nSPS) is 13.6. The van der Waals surface area contributed by atoms with E-state index in [1.54, 1.807) is 0 Å². The van der Waals surface area contributed by atoms with Gasteiger partial charge in [0.1, 0.15) is 0 Å². The van der Waals surface area contributed by atoms with Crippen molar-refractivity contribution in [2.75, 3.05) is 6.54 Å². The van der Waals surface area contributed by atoms with Gasteiger partial charge in [-0.1, -0.05) is 39.8 Å². The first-order valence-electron chi connectivity index (χ1n) is 6.90. The van der Waals surface area contributed by atoms with Gasteiger partial charge >= 0.3 is 0 Å². The molecule has 0 amide bonds. The average molecular weight is 359 g/mol. The van der Waals surface area contributed by atoms with Crippen molar-refractivity contribution in [3.8, 4) is 0 Å². The van der Waals surface area contributed by atoms with Crippen LogP contribution in [0.15, 0.2) is 24.3 Å². The summed E-state index contributed by atoms with van der Waals surface area (Å²) in [7, 11) is 0. The Bertz CT molecular complexity index is 335. The predicted molar refractivity (Wildman–Crippen MR) is 88.7 cm³/mol. The van der Waals surface area contributed by atoms with Gasteiger partial charge in [0.25, 0.3) is 0 Å². The zero-order chi connectivity index (χ0) is 13.7. The monoisotopic (exact) mass is 359 g/mol. The van der Waals surface area contributed by atoms with E-state index < -0.39 is 0 Å². The van der Waals surface area contributed by atoms with Crippen LogP contribution in [0.1, 0.15) is 46.2 Å². The molecule has 0 fully saturated rings. The van der Waals surface area contributed by atoms with Gasteiger partial charge in [0.05, 0.1) is 0 Å². The molecule has 0 bridgehead atoms. The molecular formula is C16H26IN. The maximum Gasteiger partial charge on any atom is 0.0291 e. The molecule has 0 saturated heterocycles. The van der Waals surface area contributed by atoms with Crippen molar-refractivity contribution in [1.29, 1.82) is 0 Å². The van der Waals surface area contributed by atoms with Crippen LogP contribution in [0.4, 0.5) is 0 Å². The van der Waals surface area contributed by atoms with Crippen LogP contribution in [0, 0.1) is 21.3 Å². The van der Waals surface area contributed by atoms with Gasteiger partial charge in [-0.3, -0.25) is 0 Å². The molecule has 1 unspecified atom stereocenters. The molecule has 0 saturated carbocycles. The van der Waals surface area contributed by atoms with Gasteiger partial charge in [-0.05, 0) is 71.5 Å². The van der Waals surface area contributed by atoms with Gasteiger partial charge in [-0.2, -0.15) is 0 Å². The summed E-state index contributed by atoms with van der Waals surface area (Å²) in [4.78, 5) is 0. The van der Waals surface area contributed by atoms with Crippen LogP contribution in [-0.2, 0) is 0 Å². The van der Waals surface area contributed by atoms with Crippen LogP contribution >= 0.6 is 22.6 Å². The third kappa shape index (κ3) is 4.88. The molecule has 0 aliphatic rings. The van der Waals surface area contributed by atoms with E-state index in [1.165, 1.54) is 9.13 Å². The van der Waals surface area contributed by atoms with Crippen LogP contribution in [-0.4, -0.2) is 6.54 Å². The molecule has 0 heterocycles. The highest BCUT2D eigenvalue weighted by Gasteiger charge is 2.18. The summed E-state index contributed by atoms with van der Waals surface area (Å²) in [5, 5.41) is 3.68. The lowest BCUT2D eigenvalue weighted by molar-refractivity contribution is 0.268. The Morgan fingerprint density at radius 1 is 0.944 bits per heavy atom. The molecule has 0 aromatic heterocycles. The second-order valence-corrected chi connectivity index (χ2v) is 7.08. The Morgan fingerprint density at radius 3 is 1.89 bits per heavy atom. The molecule has 1 aromatic carbocycles. The number of rotatable bonds is 6. The minimum Gasteiger partial charge on any atom is -0.310 e. The molecular weight excluding hydrogens is 333 g/mol.